The van der Waals surface area contributed by atoms with Gasteiger partial charge >= 0.3 is 0 Å². The van der Waals surface area contributed by atoms with Gasteiger partial charge in [-0.3, -0.25) is 4.79 Å². The van der Waals surface area contributed by atoms with Crippen LogP contribution in [0, 0.1) is 11.8 Å². The maximum atomic E-state index is 13.0. The van der Waals surface area contributed by atoms with Crippen LogP contribution >= 0.6 is 0 Å². The monoisotopic (exact) mass is 386 g/mol. The molecule has 0 saturated heterocycles. The highest BCUT2D eigenvalue weighted by atomic mass is 16.5. The van der Waals surface area contributed by atoms with Crippen molar-refractivity contribution in [3.63, 3.8) is 0 Å². The van der Waals surface area contributed by atoms with Crippen molar-refractivity contribution in [2.24, 2.45) is 11.8 Å². The van der Waals surface area contributed by atoms with Crippen molar-refractivity contribution in [3.8, 4) is 28.4 Å². The van der Waals surface area contributed by atoms with Gasteiger partial charge in [-0.15, -0.1) is 0 Å². The molecule has 1 N–H and O–H groups in total. The smallest absolute Gasteiger partial charge is 0.300 e. The molecule has 0 radical (unpaired) electrons. The minimum Gasteiger partial charge on any atom is -0.497 e. The van der Waals surface area contributed by atoms with Crippen molar-refractivity contribution in [3.05, 3.63) is 58.9 Å². The number of rotatable bonds is 2. The van der Waals surface area contributed by atoms with Crippen molar-refractivity contribution in [1.29, 1.82) is 0 Å². The fraction of sp³-hybridized carbons (Fsp3) is 0.348. The normalized spacial score (nSPS) is 26.1. The predicted octanol–water partition coefficient (Wildman–Crippen LogP) is 3.88. The van der Waals surface area contributed by atoms with Crippen LogP contribution in [0.25, 0.3) is 22.6 Å². The molecule has 1 aromatic heterocycles. The molecule has 1 aliphatic heterocycles. The van der Waals surface area contributed by atoms with Crippen LogP contribution in [-0.4, -0.2) is 21.9 Å². The SMILES string of the molecule is COc1ccc(-c2nn3c(nc2=O)-c2ccccc2NC32CC3CCC2C3)cc1. The van der Waals surface area contributed by atoms with Crippen molar-refractivity contribution in [2.75, 3.05) is 12.4 Å². The number of aromatic nitrogens is 3. The molecule has 146 valence electrons. The predicted molar refractivity (Wildman–Crippen MR) is 111 cm³/mol. The lowest BCUT2D eigenvalue weighted by Crippen LogP contribution is -2.51. The van der Waals surface area contributed by atoms with E-state index in [1.165, 1.54) is 19.3 Å². The summed E-state index contributed by atoms with van der Waals surface area (Å²) in [6.45, 7) is 0. The van der Waals surface area contributed by atoms with Crippen LogP contribution in [0.1, 0.15) is 25.7 Å². The van der Waals surface area contributed by atoms with Crippen molar-refractivity contribution in [2.45, 2.75) is 31.3 Å². The molecule has 2 heterocycles. The summed E-state index contributed by atoms with van der Waals surface area (Å²) in [4.78, 5) is 17.5. The van der Waals surface area contributed by atoms with Crippen LogP contribution in [0.5, 0.6) is 5.75 Å². The van der Waals surface area contributed by atoms with Crippen LogP contribution in [0.4, 0.5) is 5.69 Å². The van der Waals surface area contributed by atoms with Crippen molar-refractivity contribution >= 4 is 5.69 Å². The second kappa shape index (κ2) is 5.92. The maximum Gasteiger partial charge on any atom is 0.300 e. The van der Waals surface area contributed by atoms with Gasteiger partial charge in [0.05, 0.1) is 7.11 Å². The molecule has 3 atom stereocenters. The maximum absolute atomic E-state index is 13.0. The van der Waals surface area contributed by atoms with E-state index < -0.39 is 0 Å². The van der Waals surface area contributed by atoms with Gasteiger partial charge in [0.25, 0.3) is 5.56 Å². The summed E-state index contributed by atoms with van der Waals surface area (Å²) < 4.78 is 7.27. The van der Waals surface area contributed by atoms with E-state index >= 15 is 0 Å². The van der Waals surface area contributed by atoms with E-state index in [1.54, 1.807) is 7.11 Å². The minimum atomic E-state index is -0.297. The summed E-state index contributed by atoms with van der Waals surface area (Å²) >= 11 is 0. The Hall–Kier alpha value is -3.15. The van der Waals surface area contributed by atoms with Crippen LogP contribution in [0.3, 0.4) is 0 Å². The molecule has 3 aromatic rings. The number of anilines is 1. The lowest BCUT2D eigenvalue weighted by molar-refractivity contribution is 0.180. The Morgan fingerprint density at radius 2 is 1.97 bits per heavy atom. The van der Waals surface area contributed by atoms with Gasteiger partial charge in [-0.25, -0.2) is 4.68 Å². The van der Waals surface area contributed by atoms with Crippen LogP contribution in [0.2, 0.25) is 0 Å². The number of benzene rings is 2. The van der Waals surface area contributed by atoms with Gasteiger partial charge in [-0.05, 0) is 68.0 Å². The third-order valence-corrected chi connectivity index (χ3v) is 6.89. The zero-order chi connectivity index (χ0) is 19.6. The molecule has 29 heavy (non-hydrogen) atoms. The Labute approximate surface area is 168 Å². The van der Waals surface area contributed by atoms with Crippen LogP contribution in [0.15, 0.2) is 53.3 Å². The Morgan fingerprint density at radius 1 is 1.14 bits per heavy atom. The molecule has 2 saturated carbocycles. The minimum absolute atomic E-state index is 0.295. The van der Waals surface area contributed by atoms with E-state index in [0.29, 0.717) is 23.4 Å². The molecule has 2 aliphatic carbocycles. The Morgan fingerprint density at radius 3 is 2.69 bits per heavy atom. The van der Waals surface area contributed by atoms with Gasteiger partial charge in [0.2, 0.25) is 0 Å². The molecule has 6 nitrogen and oxygen atoms in total. The summed E-state index contributed by atoms with van der Waals surface area (Å²) in [6.07, 6.45) is 4.70. The molecule has 2 fully saturated rings. The number of hydrogen-bond acceptors (Lipinski definition) is 5. The van der Waals surface area contributed by atoms with Gasteiger partial charge in [0.15, 0.2) is 11.5 Å². The number of hydrogen-bond donors (Lipinski definition) is 1. The van der Waals surface area contributed by atoms with Gasteiger partial charge in [-0.2, -0.15) is 10.1 Å². The number of ether oxygens (including phenoxy) is 1. The molecule has 6 heteroatoms. The fourth-order valence-corrected chi connectivity index (χ4v) is 5.56. The van der Waals surface area contributed by atoms with Gasteiger partial charge < -0.3 is 10.1 Å². The molecular weight excluding hydrogens is 364 g/mol. The summed E-state index contributed by atoms with van der Waals surface area (Å²) in [5.74, 6) is 2.63. The summed E-state index contributed by atoms with van der Waals surface area (Å²) in [6, 6.07) is 15.5. The molecule has 6 rings (SSSR count). The van der Waals surface area contributed by atoms with E-state index in [1.807, 2.05) is 47.1 Å². The molecule has 1 spiro atoms. The summed E-state index contributed by atoms with van der Waals surface area (Å²) in [5, 5.41) is 8.74. The second-order valence-electron chi connectivity index (χ2n) is 8.40. The third-order valence-electron chi connectivity index (χ3n) is 6.89. The average molecular weight is 386 g/mol. The first-order valence-corrected chi connectivity index (χ1v) is 10.2. The van der Waals surface area contributed by atoms with E-state index in [9.17, 15) is 4.79 Å². The molecule has 2 aromatic carbocycles. The highest BCUT2D eigenvalue weighted by Gasteiger charge is 2.55. The Bertz CT molecular complexity index is 1170. The first kappa shape index (κ1) is 16.8. The quantitative estimate of drug-likeness (QED) is 0.724. The number of methoxy groups -OCH3 is 1. The van der Waals surface area contributed by atoms with Gasteiger partial charge in [-0.1, -0.05) is 12.1 Å². The topological polar surface area (TPSA) is 69.0 Å². The van der Waals surface area contributed by atoms with Crippen molar-refractivity contribution in [1.82, 2.24) is 14.8 Å². The van der Waals surface area contributed by atoms with Crippen molar-refractivity contribution < 1.29 is 4.74 Å². The van der Waals surface area contributed by atoms with E-state index in [4.69, 9.17) is 9.84 Å². The number of fused-ring (bicyclic) bond motifs is 7. The Kier molecular flexibility index (Phi) is 3.43. The lowest BCUT2D eigenvalue weighted by atomic mass is 9.86. The largest absolute Gasteiger partial charge is 0.497 e. The standard InChI is InChI=1S/C23H22N4O2/c1-29-17-10-7-15(8-11-17)20-22(28)24-21-18-4-2-3-5-19(18)25-23(27(21)26-20)13-14-6-9-16(23)12-14/h2-5,7-8,10-11,14,16,25H,6,9,12-13H2,1H3. The zero-order valence-electron chi connectivity index (χ0n) is 16.3. The summed E-state index contributed by atoms with van der Waals surface area (Å²) in [7, 11) is 1.63. The molecule has 0 amide bonds. The molecule has 3 unspecified atom stereocenters. The molecular formula is C23H22N4O2. The van der Waals surface area contributed by atoms with Crippen LogP contribution < -0.4 is 15.6 Å². The lowest BCUT2D eigenvalue weighted by Gasteiger charge is -2.44. The van der Waals surface area contributed by atoms with Gasteiger partial charge in [0, 0.05) is 22.7 Å². The highest BCUT2D eigenvalue weighted by Crippen LogP contribution is 2.57. The number of para-hydroxylation sites is 1. The third kappa shape index (κ3) is 2.32. The average Bonchev–Trinajstić information content (AvgIpc) is 3.35. The van der Waals surface area contributed by atoms with Gasteiger partial charge in [0.1, 0.15) is 11.4 Å². The van der Waals surface area contributed by atoms with E-state index in [-0.39, 0.29) is 11.2 Å². The zero-order valence-corrected chi connectivity index (χ0v) is 16.3. The summed E-state index contributed by atoms with van der Waals surface area (Å²) in [5.41, 5.74) is 2.54. The number of nitrogens with one attached hydrogen (secondary N) is 1. The first-order valence-electron chi connectivity index (χ1n) is 10.2. The highest BCUT2D eigenvalue weighted by molar-refractivity contribution is 5.77. The van der Waals surface area contributed by atoms with E-state index in [2.05, 4.69) is 16.4 Å². The number of nitrogens with zero attached hydrogens (tertiary/aromatic N) is 3. The molecule has 3 aliphatic rings. The second-order valence-corrected chi connectivity index (χ2v) is 8.40. The van der Waals surface area contributed by atoms with E-state index in [0.717, 1.165) is 29.0 Å². The Balaban J connectivity index is 1.58. The molecule has 2 bridgehead atoms. The fourth-order valence-electron chi connectivity index (χ4n) is 5.56. The first-order chi connectivity index (χ1) is 14.2. The van der Waals surface area contributed by atoms with Crippen LogP contribution in [-0.2, 0) is 5.66 Å².